The van der Waals surface area contributed by atoms with Gasteiger partial charge in [0, 0.05) is 51.0 Å². The van der Waals surface area contributed by atoms with E-state index in [4.69, 9.17) is 5.73 Å². The van der Waals surface area contributed by atoms with Gasteiger partial charge in [-0.2, -0.15) is 0 Å². The second-order valence-corrected chi connectivity index (χ2v) is 9.70. The standard InChI is InChI=1S/C29H35N5O/c1-22(21-33-18-16-32(17-19-33)15-14-23-8-4-2-5-9-23)34-27-13-12-25(30)20-26(27)29(35)31-28(34)24-10-6-3-7-11-24/h2-13,20,22,28H,14-19,21,30H2,1H3,(H,31,35). The molecule has 2 aliphatic heterocycles. The average Bonchev–Trinajstić information content (AvgIpc) is 2.89. The Balaban J connectivity index is 1.27. The highest BCUT2D eigenvalue weighted by molar-refractivity contribution is 6.03. The first-order valence-corrected chi connectivity index (χ1v) is 12.6. The second kappa shape index (κ2) is 10.5. The molecule has 1 fully saturated rings. The first kappa shape index (κ1) is 23.4. The smallest absolute Gasteiger partial charge is 0.255 e. The fourth-order valence-electron chi connectivity index (χ4n) is 5.33. The number of piperazine rings is 1. The van der Waals surface area contributed by atoms with Crippen LogP contribution in [0.4, 0.5) is 11.4 Å². The number of nitrogen functional groups attached to an aromatic ring is 1. The highest BCUT2D eigenvalue weighted by Gasteiger charge is 2.35. The number of benzene rings is 3. The number of hydrogen-bond acceptors (Lipinski definition) is 5. The third-order valence-electron chi connectivity index (χ3n) is 7.23. The summed E-state index contributed by atoms with van der Waals surface area (Å²) in [5.41, 5.74) is 10.7. The zero-order valence-corrected chi connectivity index (χ0v) is 20.4. The number of nitrogens with two attached hydrogens (primary N) is 1. The van der Waals surface area contributed by atoms with Crippen molar-refractivity contribution in [3.63, 3.8) is 0 Å². The average molecular weight is 470 g/mol. The van der Waals surface area contributed by atoms with Crippen molar-refractivity contribution >= 4 is 17.3 Å². The molecule has 6 heteroatoms. The first-order chi connectivity index (χ1) is 17.1. The molecule has 5 rings (SSSR count). The third-order valence-corrected chi connectivity index (χ3v) is 7.23. The van der Waals surface area contributed by atoms with Crippen LogP contribution in [0.25, 0.3) is 0 Å². The van der Waals surface area contributed by atoms with Gasteiger partial charge in [0.2, 0.25) is 0 Å². The van der Waals surface area contributed by atoms with Crippen molar-refractivity contribution in [1.82, 2.24) is 15.1 Å². The number of nitrogens with zero attached hydrogens (tertiary/aromatic N) is 3. The lowest BCUT2D eigenvalue weighted by molar-refractivity contribution is 0.0917. The molecular formula is C29H35N5O. The molecule has 2 heterocycles. The monoisotopic (exact) mass is 469 g/mol. The van der Waals surface area contributed by atoms with E-state index < -0.39 is 0 Å². The molecule has 6 nitrogen and oxygen atoms in total. The van der Waals surface area contributed by atoms with Gasteiger partial charge in [-0.05, 0) is 42.7 Å². The lowest BCUT2D eigenvalue weighted by Gasteiger charge is -2.45. The Bertz CT molecular complexity index is 1130. The van der Waals surface area contributed by atoms with Crippen LogP contribution in [-0.4, -0.2) is 61.0 Å². The van der Waals surface area contributed by atoms with Crippen molar-refractivity contribution in [2.45, 2.75) is 25.6 Å². The Hall–Kier alpha value is -3.35. The van der Waals surface area contributed by atoms with E-state index in [1.54, 1.807) is 6.07 Å². The Morgan fingerprint density at radius 2 is 1.57 bits per heavy atom. The van der Waals surface area contributed by atoms with Gasteiger partial charge in [-0.15, -0.1) is 0 Å². The topological polar surface area (TPSA) is 64.8 Å². The van der Waals surface area contributed by atoms with Crippen LogP contribution in [0, 0.1) is 0 Å². The molecule has 1 amide bonds. The summed E-state index contributed by atoms with van der Waals surface area (Å²) in [5.74, 6) is -0.0726. The first-order valence-electron chi connectivity index (χ1n) is 12.6. The number of carbonyl (C=O) groups excluding carboxylic acids is 1. The molecule has 2 unspecified atom stereocenters. The fourth-order valence-corrected chi connectivity index (χ4v) is 5.33. The second-order valence-electron chi connectivity index (χ2n) is 9.70. The maximum atomic E-state index is 13.0. The molecule has 0 saturated carbocycles. The molecule has 2 atom stereocenters. The minimum absolute atomic E-state index is 0.0726. The summed E-state index contributed by atoms with van der Waals surface area (Å²) in [5, 5.41) is 3.23. The number of nitrogens with one attached hydrogen (secondary N) is 1. The molecule has 0 bridgehead atoms. The van der Waals surface area contributed by atoms with Crippen molar-refractivity contribution in [2.75, 3.05) is 49.9 Å². The van der Waals surface area contributed by atoms with Crippen LogP contribution < -0.4 is 16.0 Å². The van der Waals surface area contributed by atoms with E-state index >= 15 is 0 Å². The van der Waals surface area contributed by atoms with Crippen LogP contribution in [0.5, 0.6) is 0 Å². The van der Waals surface area contributed by atoms with Gasteiger partial charge in [0.05, 0.1) is 11.3 Å². The lowest BCUT2D eigenvalue weighted by Crippen LogP contribution is -2.55. The number of hydrogen-bond donors (Lipinski definition) is 2. The molecule has 2 aliphatic rings. The van der Waals surface area contributed by atoms with Crippen LogP contribution in [0.1, 0.15) is 34.6 Å². The molecular weight excluding hydrogens is 434 g/mol. The van der Waals surface area contributed by atoms with Crippen LogP contribution in [0.3, 0.4) is 0 Å². The Morgan fingerprint density at radius 1 is 0.914 bits per heavy atom. The Labute approximate surface area is 208 Å². The normalized spacial score (nSPS) is 19.7. The maximum Gasteiger partial charge on any atom is 0.255 e. The summed E-state index contributed by atoms with van der Waals surface area (Å²) in [7, 11) is 0. The number of fused-ring (bicyclic) bond motifs is 1. The van der Waals surface area contributed by atoms with Crippen LogP contribution in [0.2, 0.25) is 0 Å². The van der Waals surface area contributed by atoms with Gasteiger partial charge in [-0.25, -0.2) is 0 Å². The van der Waals surface area contributed by atoms with Crippen molar-refractivity contribution in [3.8, 4) is 0 Å². The molecule has 3 N–H and O–H groups in total. The summed E-state index contributed by atoms with van der Waals surface area (Å²) >= 11 is 0. The van der Waals surface area contributed by atoms with Gasteiger partial charge in [-0.3, -0.25) is 9.69 Å². The van der Waals surface area contributed by atoms with E-state index in [0.717, 1.165) is 56.9 Å². The highest BCUT2D eigenvalue weighted by Crippen LogP contribution is 2.36. The van der Waals surface area contributed by atoms with Crippen LogP contribution >= 0.6 is 0 Å². The van der Waals surface area contributed by atoms with Gasteiger partial charge in [0.25, 0.3) is 5.91 Å². The Morgan fingerprint density at radius 3 is 2.29 bits per heavy atom. The van der Waals surface area contributed by atoms with E-state index in [0.29, 0.717) is 11.3 Å². The van der Waals surface area contributed by atoms with Crippen molar-refractivity contribution < 1.29 is 4.79 Å². The number of rotatable bonds is 7. The molecule has 35 heavy (non-hydrogen) atoms. The summed E-state index contributed by atoms with van der Waals surface area (Å²) in [6, 6.07) is 26.8. The van der Waals surface area contributed by atoms with Crippen molar-refractivity contribution in [3.05, 3.63) is 95.6 Å². The molecule has 0 spiro atoms. The highest BCUT2D eigenvalue weighted by atomic mass is 16.2. The van der Waals surface area contributed by atoms with E-state index in [1.165, 1.54) is 5.56 Å². The molecule has 1 saturated heterocycles. The largest absolute Gasteiger partial charge is 0.399 e. The predicted octanol–water partition coefficient (Wildman–Crippen LogP) is 3.77. The van der Waals surface area contributed by atoms with E-state index in [-0.39, 0.29) is 18.1 Å². The quantitative estimate of drug-likeness (QED) is 0.516. The van der Waals surface area contributed by atoms with E-state index in [2.05, 4.69) is 69.4 Å². The number of amides is 1. The molecule has 182 valence electrons. The third kappa shape index (κ3) is 5.34. The van der Waals surface area contributed by atoms with Crippen LogP contribution in [0.15, 0.2) is 78.9 Å². The van der Waals surface area contributed by atoms with Gasteiger partial charge in [-0.1, -0.05) is 60.7 Å². The van der Waals surface area contributed by atoms with Crippen molar-refractivity contribution in [2.24, 2.45) is 0 Å². The molecule has 3 aromatic rings. The zero-order chi connectivity index (χ0) is 24.2. The molecule has 0 aliphatic carbocycles. The maximum absolute atomic E-state index is 13.0. The summed E-state index contributed by atoms with van der Waals surface area (Å²) in [6.45, 7) is 8.60. The lowest BCUT2D eigenvalue weighted by atomic mass is 10.00. The van der Waals surface area contributed by atoms with Crippen molar-refractivity contribution in [1.29, 1.82) is 0 Å². The predicted molar refractivity (Wildman–Crippen MR) is 142 cm³/mol. The van der Waals surface area contributed by atoms with Crippen LogP contribution in [-0.2, 0) is 6.42 Å². The summed E-state index contributed by atoms with van der Waals surface area (Å²) < 4.78 is 0. The van der Waals surface area contributed by atoms with Gasteiger partial charge >= 0.3 is 0 Å². The van der Waals surface area contributed by atoms with Gasteiger partial charge < -0.3 is 20.9 Å². The number of carbonyl (C=O) groups is 1. The molecule has 0 aromatic heterocycles. The summed E-state index contributed by atoms with van der Waals surface area (Å²) in [6.07, 6.45) is 0.894. The van der Waals surface area contributed by atoms with E-state index in [1.807, 2.05) is 30.3 Å². The molecule has 3 aromatic carbocycles. The minimum atomic E-state index is -0.206. The van der Waals surface area contributed by atoms with E-state index in [9.17, 15) is 4.79 Å². The molecule has 0 radical (unpaired) electrons. The Kier molecular flexibility index (Phi) is 7.02. The van der Waals surface area contributed by atoms with Gasteiger partial charge in [0.1, 0.15) is 6.17 Å². The number of anilines is 2. The minimum Gasteiger partial charge on any atom is -0.399 e. The SMILES string of the molecule is CC(CN1CCN(CCc2ccccc2)CC1)N1c2ccc(N)cc2C(=O)NC1c1ccccc1. The fraction of sp³-hybridized carbons (Fsp3) is 0.345. The van der Waals surface area contributed by atoms with Gasteiger partial charge in [0.15, 0.2) is 0 Å². The summed E-state index contributed by atoms with van der Waals surface area (Å²) in [4.78, 5) is 20.4. The zero-order valence-electron chi connectivity index (χ0n) is 20.4.